The molecule has 0 radical (unpaired) electrons. The summed E-state index contributed by atoms with van der Waals surface area (Å²) in [5.74, 6) is -0.00450. The summed E-state index contributed by atoms with van der Waals surface area (Å²) in [4.78, 5) is 18.3. The summed E-state index contributed by atoms with van der Waals surface area (Å²) in [5, 5.41) is 18.3. The number of benzene rings is 2. The molecule has 26 heavy (non-hydrogen) atoms. The van der Waals surface area contributed by atoms with E-state index in [4.69, 9.17) is 9.84 Å². The van der Waals surface area contributed by atoms with Gasteiger partial charge in [0.1, 0.15) is 17.6 Å². The lowest BCUT2D eigenvalue weighted by molar-refractivity contribution is -0.139. The fourth-order valence-corrected chi connectivity index (χ4v) is 4.46. The number of nitrogens with zero attached hydrogens (tertiary/aromatic N) is 2. The Labute approximate surface area is 176 Å². The molecular weight excluding hydrogens is 560 g/mol. The minimum atomic E-state index is -1.03. The number of carboxylic acid groups (broad SMARTS) is 1. The quantitative estimate of drug-likeness (QED) is 0.352. The van der Waals surface area contributed by atoms with Crippen molar-refractivity contribution < 1.29 is 14.6 Å². The zero-order valence-electron chi connectivity index (χ0n) is 13.2. The summed E-state index contributed by atoms with van der Waals surface area (Å²) < 4.78 is 6.86. The van der Waals surface area contributed by atoms with Crippen molar-refractivity contribution in [2.75, 3.05) is 6.61 Å². The zero-order valence-corrected chi connectivity index (χ0v) is 17.5. The summed E-state index contributed by atoms with van der Waals surface area (Å²) in [6, 6.07) is 13.4. The van der Waals surface area contributed by atoms with Crippen LogP contribution in [0, 0.1) is 18.5 Å². The summed E-state index contributed by atoms with van der Waals surface area (Å²) in [7, 11) is 0. The van der Waals surface area contributed by atoms with E-state index in [1.165, 1.54) is 0 Å². The monoisotopic (exact) mass is 571 g/mol. The van der Waals surface area contributed by atoms with E-state index >= 15 is 0 Å². The van der Waals surface area contributed by atoms with Gasteiger partial charge in [0.05, 0.1) is 23.7 Å². The first-order valence-corrected chi connectivity index (χ1v) is 9.54. The number of nitrogens with one attached hydrogen (secondary N) is 1. The van der Waals surface area contributed by atoms with Crippen LogP contribution in [-0.4, -0.2) is 27.7 Å². The van der Waals surface area contributed by atoms with E-state index < -0.39 is 12.6 Å². The van der Waals surface area contributed by atoms with Gasteiger partial charge < -0.3 is 14.8 Å². The van der Waals surface area contributed by atoms with E-state index in [-0.39, 0.29) is 0 Å². The van der Waals surface area contributed by atoms with E-state index in [1.54, 1.807) is 6.08 Å². The summed E-state index contributed by atoms with van der Waals surface area (Å²) in [6.45, 7) is -0.399. The lowest BCUT2D eigenvalue weighted by Gasteiger charge is -2.09. The van der Waals surface area contributed by atoms with Crippen LogP contribution in [0.1, 0.15) is 11.4 Å². The number of hydrogen-bond donors (Lipinski definition) is 2. The molecule has 0 fully saturated rings. The maximum atomic E-state index is 10.7. The number of aromatic amines is 1. The van der Waals surface area contributed by atoms with Crippen molar-refractivity contribution in [1.29, 1.82) is 5.26 Å². The molecule has 6 nitrogen and oxygen atoms in total. The largest absolute Gasteiger partial charge is 0.480 e. The molecule has 0 aliphatic rings. The molecule has 0 unspecified atom stereocenters. The van der Waals surface area contributed by atoms with Crippen LogP contribution < -0.4 is 4.74 Å². The summed E-state index contributed by atoms with van der Waals surface area (Å²) in [6.07, 6.45) is 1.74. The maximum Gasteiger partial charge on any atom is 0.341 e. The predicted molar refractivity (Wildman–Crippen MR) is 115 cm³/mol. The molecule has 0 atom stereocenters. The topological polar surface area (TPSA) is 99.0 Å². The van der Waals surface area contributed by atoms with Gasteiger partial charge in [-0.25, -0.2) is 9.78 Å². The van der Waals surface area contributed by atoms with E-state index in [2.05, 4.69) is 61.2 Å². The molecule has 2 aromatic carbocycles. The number of nitriles is 1. The average Bonchev–Trinajstić information content (AvgIpc) is 3.02. The third-order valence-corrected chi connectivity index (χ3v) is 5.04. The van der Waals surface area contributed by atoms with Crippen LogP contribution in [0.15, 0.2) is 36.4 Å². The smallest absolute Gasteiger partial charge is 0.341 e. The Hall–Kier alpha value is -2.13. The molecule has 0 amide bonds. The standard InChI is InChI=1S/C18H11I2N3O3/c19-12-6-10(7-13(20)17(12)26-9-16(24)25)5-11(8-21)18-22-14-3-1-2-4-15(14)23-18/h1-7H,9H2,(H,22,23)(H,24,25)/b11-5-. The Morgan fingerprint density at radius 1 is 1.31 bits per heavy atom. The minimum absolute atomic E-state index is 0.399. The zero-order chi connectivity index (χ0) is 18.7. The molecular formula is C18H11I2N3O3. The second-order valence-electron chi connectivity index (χ2n) is 5.27. The molecule has 3 aromatic rings. The molecule has 2 N–H and O–H groups in total. The predicted octanol–water partition coefficient (Wildman–Crippen LogP) is 4.30. The number of carbonyl (C=O) groups is 1. The molecule has 1 aromatic heterocycles. The van der Waals surface area contributed by atoms with Gasteiger partial charge >= 0.3 is 5.97 Å². The number of H-pyrrole nitrogens is 1. The number of para-hydroxylation sites is 2. The van der Waals surface area contributed by atoms with Crippen molar-refractivity contribution in [3.63, 3.8) is 0 Å². The van der Waals surface area contributed by atoms with Gasteiger partial charge in [0.2, 0.25) is 0 Å². The van der Waals surface area contributed by atoms with Gasteiger partial charge in [-0.15, -0.1) is 0 Å². The van der Waals surface area contributed by atoms with Crippen LogP contribution in [0.25, 0.3) is 22.7 Å². The molecule has 130 valence electrons. The lowest BCUT2D eigenvalue weighted by atomic mass is 10.1. The summed E-state index contributed by atoms with van der Waals surface area (Å²) >= 11 is 4.17. The number of imidazole rings is 1. The Morgan fingerprint density at radius 2 is 2.00 bits per heavy atom. The normalized spacial score (nSPS) is 11.3. The first-order chi connectivity index (χ1) is 12.5. The molecule has 3 rings (SSSR count). The summed E-state index contributed by atoms with van der Waals surface area (Å²) in [5.41, 5.74) is 2.88. The number of allylic oxidation sites excluding steroid dienone is 1. The van der Waals surface area contributed by atoms with Gasteiger partial charge in [0.25, 0.3) is 0 Å². The second kappa shape index (κ2) is 8.05. The third kappa shape index (κ3) is 4.16. The molecule has 1 heterocycles. The lowest BCUT2D eigenvalue weighted by Crippen LogP contribution is -2.11. The number of carboxylic acids is 1. The number of ether oxygens (including phenoxy) is 1. The number of rotatable bonds is 5. The van der Waals surface area contributed by atoms with Gasteiger partial charge in [0.15, 0.2) is 6.61 Å². The highest BCUT2D eigenvalue weighted by atomic mass is 127. The van der Waals surface area contributed by atoms with Gasteiger partial charge in [-0.3, -0.25) is 0 Å². The van der Waals surface area contributed by atoms with Gasteiger partial charge in [-0.05, 0) is 81.1 Å². The Balaban J connectivity index is 1.96. The van der Waals surface area contributed by atoms with Crippen molar-refractivity contribution in [2.24, 2.45) is 0 Å². The van der Waals surface area contributed by atoms with Crippen LogP contribution >= 0.6 is 45.2 Å². The van der Waals surface area contributed by atoms with Crippen molar-refractivity contribution >= 4 is 73.8 Å². The van der Waals surface area contributed by atoms with Crippen molar-refractivity contribution in [1.82, 2.24) is 9.97 Å². The fourth-order valence-electron chi connectivity index (χ4n) is 2.34. The van der Waals surface area contributed by atoms with Crippen molar-refractivity contribution in [2.45, 2.75) is 0 Å². The van der Waals surface area contributed by atoms with E-state index in [1.807, 2.05) is 36.4 Å². The van der Waals surface area contributed by atoms with Crippen LogP contribution in [0.2, 0.25) is 0 Å². The van der Waals surface area contributed by atoms with Gasteiger partial charge in [-0.1, -0.05) is 12.1 Å². The van der Waals surface area contributed by atoms with Crippen LogP contribution in [0.4, 0.5) is 0 Å². The van der Waals surface area contributed by atoms with E-state index in [9.17, 15) is 10.1 Å². The number of hydrogen-bond acceptors (Lipinski definition) is 4. The van der Waals surface area contributed by atoms with Gasteiger partial charge in [-0.2, -0.15) is 5.26 Å². The third-order valence-electron chi connectivity index (χ3n) is 3.44. The van der Waals surface area contributed by atoms with Crippen LogP contribution in [0.3, 0.4) is 0 Å². The van der Waals surface area contributed by atoms with E-state index in [0.29, 0.717) is 17.1 Å². The molecule has 0 aliphatic heterocycles. The first kappa shape index (κ1) is 18.7. The van der Waals surface area contributed by atoms with Crippen LogP contribution in [-0.2, 0) is 4.79 Å². The van der Waals surface area contributed by atoms with Crippen molar-refractivity contribution in [3.05, 3.63) is 54.9 Å². The molecule has 0 aliphatic carbocycles. The van der Waals surface area contributed by atoms with Crippen LogP contribution in [0.5, 0.6) is 5.75 Å². The second-order valence-corrected chi connectivity index (χ2v) is 7.59. The fraction of sp³-hybridized carbons (Fsp3) is 0.0556. The highest BCUT2D eigenvalue weighted by Crippen LogP contribution is 2.30. The number of halogens is 2. The molecule has 8 heteroatoms. The molecule has 0 spiro atoms. The molecule has 0 saturated heterocycles. The highest BCUT2D eigenvalue weighted by Gasteiger charge is 2.12. The SMILES string of the molecule is N#C/C(=C/c1cc(I)c(OCC(=O)O)c(I)c1)c1nc2ccccc2[nH]1. The van der Waals surface area contributed by atoms with Gasteiger partial charge in [0, 0.05) is 0 Å². The number of aromatic nitrogens is 2. The minimum Gasteiger partial charge on any atom is -0.480 e. The first-order valence-electron chi connectivity index (χ1n) is 7.38. The molecule has 0 bridgehead atoms. The average molecular weight is 571 g/mol. The number of aliphatic carboxylic acids is 1. The number of fused-ring (bicyclic) bond motifs is 1. The highest BCUT2D eigenvalue weighted by molar-refractivity contribution is 14.1. The Morgan fingerprint density at radius 3 is 2.62 bits per heavy atom. The Kier molecular flexibility index (Phi) is 5.77. The van der Waals surface area contributed by atoms with Crippen molar-refractivity contribution in [3.8, 4) is 11.8 Å². The van der Waals surface area contributed by atoms with E-state index in [0.717, 1.165) is 23.7 Å². The Bertz CT molecular complexity index is 1010. The molecule has 0 saturated carbocycles. The maximum absolute atomic E-state index is 10.7.